The van der Waals surface area contributed by atoms with E-state index in [2.05, 4.69) is 13.2 Å². The third kappa shape index (κ3) is 4.94. The average Bonchev–Trinajstić information content (AvgIpc) is 3.61. The van der Waals surface area contributed by atoms with Crippen molar-refractivity contribution >= 4 is 34.2 Å². The predicted molar refractivity (Wildman–Crippen MR) is 162 cm³/mol. The smallest absolute Gasteiger partial charge is 0.312 e. The Hall–Kier alpha value is -3.49. The molecule has 0 aliphatic carbocycles. The zero-order chi connectivity index (χ0) is 29.9. The van der Waals surface area contributed by atoms with Crippen molar-refractivity contribution in [2.24, 2.45) is 11.8 Å². The second-order valence-electron chi connectivity index (χ2n) is 11.7. The highest BCUT2D eigenvalue weighted by molar-refractivity contribution is 6.05. The Morgan fingerprint density at radius 2 is 1.90 bits per heavy atom. The maximum atomic E-state index is 14.7. The van der Waals surface area contributed by atoms with Crippen molar-refractivity contribution in [3.8, 4) is 0 Å². The number of nitrogens with zero attached hydrogens (tertiary/aromatic N) is 2. The van der Waals surface area contributed by atoms with Crippen LogP contribution in [0.3, 0.4) is 0 Å². The number of aliphatic hydroxyl groups excluding tert-OH is 1. The molecule has 0 saturated carbocycles. The van der Waals surface area contributed by atoms with Gasteiger partial charge >= 0.3 is 5.97 Å². The number of unbranched alkanes of at least 4 members (excludes halogenated alkanes) is 2. The van der Waals surface area contributed by atoms with Gasteiger partial charge in [0.15, 0.2) is 0 Å². The first kappa shape index (κ1) is 30.0. The van der Waals surface area contributed by atoms with Crippen molar-refractivity contribution in [3.63, 3.8) is 0 Å². The summed E-state index contributed by atoms with van der Waals surface area (Å²) in [5.74, 6) is -2.58. The van der Waals surface area contributed by atoms with Crippen LogP contribution in [0.2, 0.25) is 0 Å². The van der Waals surface area contributed by atoms with E-state index in [4.69, 9.17) is 9.47 Å². The molecule has 3 heterocycles. The molecule has 0 aromatic heterocycles. The monoisotopic (exact) mass is 574 g/mol. The Balaban J connectivity index is 1.52. The van der Waals surface area contributed by atoms with Gasteiger partial charge in [-0.2, -0.15) is 0 Å². The Morgan fingerprint density at radius 3 is 2.62 bits per heavy atom. The van der Waals surface area contributed by atoms with Gasteiger partial charge in [-0.05, 0) is 67.9 Å². The molecule has 8 nitrogen and oxygen atoms in total. The number of esters is 1. The first-order valence-corrected chi connectivity index (χ1v) is 15.2. The maximum Gasteiger partial charge on any atom is 0.312 e. The molecule has 3 saturated heterocycles. The van der Waals surface area contributed by atoms with Gasteiger partial charge in [-0.15, -0.1) is 13.2 Å². The van der Waals surface area contributed by atoms with Crippen LogP contribution in [0, 0.1) is 11.8 Å². The minimum absolute atomic E-state index is 0.126. The van der Waals surface area contributed by atoms with Gasteiger partial charge in [0.25, 0.3) is 5.91 Å². The number of fused-ring (bicyclic) bond motifs is 2. The summed E-state index contributed by atoms with van der Waals surface area (Å²) in [5.41, 5.74) is -1.31. The standard InChI is InChI=1S/C34H42N2O6/c1-4-7-8-11-22-41-32(40)28-27-30(38)36(20-12-21-37)29(34(27)18-17-33(28,6-3)42-34)31(39)35(19-5-2)26-16-15-24-13-9-10-14-25(24)23-26/h4-5,9-10,13-16,23,27-29,37H,1-2,6-8,11-12,17-22H2,3H3/t27-,28+,29?,33-,34?/m0/s1. The lowest BCUT2D eigenvalue weighted by molar-refractivity contribution is -0.161. The Bertz CT molecular complexity index is 1360. The summed E-state index contributed by atoms with van der Waals surface area (Å²) in [7, 11) is 0. The summed E-state index contributed by atoms with van der Waals surface area (Å²) in [6.45, 7) is 10.2. The molecule has 5 rings (SSSR count). The van der Waals surface area contributed by atoms with Gasteiger partial charge in [-0.25, -0.2) is 0 Å². The molecule has 42 heavy (non-hydrogen) atoms. The zero-order valence-electron chi connectivity index (χ0n) is 24.5. The fourth-order valence-corrected chi connectivity index (χ4v) is 7.43. The topological polar surface area (TPSA) is 96.4 Å². The van der Waals surface area contributed by atoms with E-state index in [0.29, 0.717) is 37.8 Å². The molecular formula is C34H42N2O6. The van der Waals surface area contributed by atoms with Gasteiger partial charge in [-0.1, -0.05) is 49.4 Å². The van der Waals surface area contributed by atoms with E-state index in [-0.39, 0.29) is 38.1 Å². The predicted octanol–water partition coefficient (Wildman–Crippen LogP) is 4.80. The number of allylic oxidation sites excluding steroid dienone is 1. The van der Waals surface area contributed by atoms with E-state index in [0.717, 1.165) is 23.6 Å². The summed E-state index contributed by atoms with van der Waals surface area (Å²) in [6.07, 6.45) is 7.83. The van der Waals surface area contributed by atoms with Crippen LogP contribution >= 0.6 is 0 Å². The van der Waals surface area contributed by atoms with E-state index in [1.54, 1.807) is 15.9 Å². The fraction of sp³-hybridized carbons (Fsp3) is 0.500. The molecule has 0 radical (unpaired) electrons. The van der Waals surface area contributed by atoms with Gasteiger partial charge in [0.2, 0.25) is 5.91 Å². The molecule has 3 fully saturated rings. The van der Waals surface area contributed by atoms with Crippen LogP contribution in [0.5, 0.6) is 0 Å². The van der Waals surface area contributed by atoms with Gasteiger partial charge < -0.3 is 24.4 Å². The second kappa shape index (κ2) is 12.4. The number of hydrogen-bond acceptors (Lipinski definition) is 6. The number of likely N-dealkylation sites (tertiary alicyclic amines) is 1. The first-order chi connectivity index (χ1) is 20.4. The largest absolute Gasteiger partial charge is 0.465 e. The Labute approximate surface area is 248 Å². The molecule has 3 aliphatic heterocycles. The van der Waals surface area contributed by atoms with Gasteiger partial charge in [0, 0.05) is 25.4 Å². The molecule has 2 aromatic rings. The lowest BCUT2D eigenvalue weighted by Crippen LogP contribution is -2.56. The zero-order valence-corrected chi connectivity index (χ0v) is 24.5. The van der Waals surface area contributed by atoms with Crippen molar-refractivity contribution in [1.82, 2.24) is 4.90 Å². The molecule has 2 aromatic carbocycles. The number of carbonyl (C=O) groups excluding carboxylic acids is 3. The molecule has 2 amide bonds. The number of amides is 2. The van der Waals surface area contributed by atoms with Crippen molar-refractivity contribution in [1.29, 1.82) is 0 Å². The quantitative estimate of drug-likeness (QED) is 0.198. The lowest BCUT2D eigenvalue weighted by atomic mass is 9.65. The van der Waals surface area contributed by atoms with Crippen LogP contribution in [-0.4, -0.2) is 71.3 Å². The molecule has 2 unspecified atom stereocenters. The van der Waals surface area contributed by atoms with Crippen molar-refractivity contribution in [2.75, 3.05) is 31.2 Å². The Kier molecular flexibility index (Phi) is 8.85. The molecule has 5 atom stereocenters. The van der Waals surface area contributed by atoms with Crippen LogP contribution < -0.4 is 4.90 Å². The summed E-state index contributed by atoms with van der Waals surface area (Å²) < 4.78 is 12.6. The summed E-state index contributed by atoms with van der Waals surface area (Å²) in [4.78, 5) is 45.8. The third-order valence-corrected chi connectivity index (χ3v) is 9.40. The third-order valence-electron chi connectivity index (χ3n) is 9.40. The number of ether oxygens (including phenoxy) is 2. The van der Waals surface area contributed by atoms with E-state index >= 15 is 0 Å². The Morgan fingerprint density at radius 1 is 1.12 bits per heavy atom. The number of aliphatic hydroxyl groups is 1. The number of hydrogen-bond donors (Lipinski definition) is 1. The molecule has 2 bridgehead atoms. The number of benzene rings is 2. The molecular weight excluding hydrogens is 532 g/mol. The summed E-state index contributed by atoms with van der Waals surface area (Å²) >= 11 is 0. The van der Waals surface area contributed by atoms with Crippen LogP contribution in [-0.2, 0) is 23.9 Å². The molecule has 1 spiro atoms. The second-order valence-corrected chi connectivity index (χ2v) is 11.7. The fourth-order valence-electron chi connectivity index (χ4n) is 7.43. The highest BCUT2D eigenvalue weighted by atomic mass is 16.6. The highest BCUT2D eigenvalue weighted by Gasteiger charge is 2.79. The lowest BCUT2D eigenvalue weighted by Gasteiger charge is -2.37. The molecule has 3 aliphatic rings. The van der Waals surface area contributed by atoms with E-state index < -0.39 is 35.0 Å². The average molecular weight is 575 g/mol. The van der Waals surface area contributed by atoms with Crippen LogP contribution in [0.4, 0.5) is 5.69 Å². The minimum Gasteiger partial charge on any atom is -0.465 e. The van der Waals surface area contributed by atoms with E-state index in [1.165, 1.54) is 0 Å². The molecule has 224 valence electrons. The van der Waals surface area contributed by atoms with Crippen LogP contribution in [0.25, 0.3) is 10.8 Å². The normalized spacial score (nSPS) is 27.7. The first-order valence-electron chi connectivity index (χ1n) is 15.2. The van der Waals surface area contributed by atoms with Gasteiger partial charge in [0.05, 0.1) is 18.1 Å². The summed E-state index contributed by atoms with van der Waals surface area (Å²) in [6, 6.07) is 12.8. The maximum absolute atomic E-state index is 14.7. The van der Waals surface area contributed by atoms with Crippen molar-refractivity contribution in [3.05, 3.63) is 67.8 Å². The van der Waals surface area contributed by atoms with Crippen molar-refractivity contribution in [2.45, 2.75) is 69.1 Å². The number of rotatable bonds is 14. The summed E-state index contributed by atoms with van der Waals surface area (Å²) in [5, 5.41) is 11.7. The van der Waals surface area contributed by atoms with Gasteiger partial charge in [0.1, 0.15) is 17.6 Å². The van der Waals surface area contributed by atoms with E-state index in [9.17, 15) is 19.5 Å². The SMILES string of the molecule is C=CCCCCOC(=O)[C@H]1[C@H]2C(=O)N(CCCO)C(C(=O)N(CC=C)c3ccc4ccccc4c3)C23CC[C@]1(CC)O3. The van der Waals surface area contributed by atoms with E-state index in [1.807, 2.05) is 55.5 Å². The number of carbonyl (C=O) groups is 3. The minimum atomic E-state index is -1.15. The number of anilines is 1. The van der Waals surface area contributed by atoms with Gasteiger partial charge in [-0.3, -0.25) is 14.4 Å². The molecule has 8 heteroatoms. The van der Waals surface area contributed by atoms with Crippen molar-refractivity contribution < 1.29 is 29.0 Å². The van der Waals surface area contributed by atoms with Crippen LogP contribution in [0.1, 0.15) is 51.9 Å². The van der Waals surface area contributed by atoms with Crippen LogP contribution in [0.15, 0.2) is 67.8 Å². The molecule has 1 N–H and O–H groups in total. The highest BCUT2D eigenvalue weighted by Crippen LogP contribution is 2.64.